The van der Waals surface area contributed by atoms with Gasteiger partial charge in [0, 0.05) is 13.2 Å². The first-order valence-electron chi connectivity index (χ1n) is 5.83. The van der Waals surface area contributed by atoms with Crippen molar-refractivity contribution < 1.29 is 8.85 Å². The summed E-state index contributed by atoms with van der Waals surface area (Å²) in [5, 5.41) is 0. The van der Waals surface area contributed by atoms with E-state index in [4.69, 9.17) is 8.85 Å². The van der Waals surface area contributed by atoms with Gasteiger partial charge in [0.25, 0.3) is 0 Å². The molecule has 0 heterocycles. The van der Waals surface area contributed by atoms with Crippen LogP contribution in [0.15, 0.2) is 0 Å². The molecule has 14 heavy (non-hydrogen) atoms. The Morgan fingerprint density at radius 1 is 1.00 bits per heavy atom. The molecule has 0 aromatic carbocycles. The topological polar surface area (TPSA) is 18.5 Å². The summed E-state index contributed by atoms with van der Waals surface area (Å²) < 4.78 is 11.6. The van der Waals surface area contributed by atoms with E-state index in [-0.39, 0.29) is 0 Å². The first-order chi connectivity index (χ1) is 6.55. The molecule has 0 aromatic heterocycles. The highest BCUT2D eigenvalue weighted by Crippen LogP contribution is 2.13. The Balaban J connectivity index is 3.72. The summed E-state index contributed by atoms with van der Waals surface area (Å²) in [4.78, 5) is 0. The van der Waals surface area contributed by atoms with E-state index >= 15 is 0 Å². The van der Waals surface area contributed by atoms with E-state index in [0.717, 1.165) is 19.6 Å². The predicted molar refractivity (Wildman–Crippen MR) is 63.7 cm³/mol. The molecule has 2 nitrogen and oxygen atoms in total. The van der Waals surface area contributed by atoms with E-state index in [1.165, 1.54) is 12.8 Å². The zero-order valence-electron chi connectivity index (χ0n) is 10.4. The van der Waals surface area contributed by atoms with E-state index in [9.17, 15) is 0 Å². The van der Waals surface area contributed by atoms with Crippen molar-refractivity contribution in [3.05, 3.63) is 0 Å². The van der Waals surface area contributed by atoms with Crippen LogP contribution in [0.25, 0.3) is 0 Å². The van der Waals surface area contributed by atoms with Gasteiger partial charge in [-0.05, 0) is 25.4 Å². The van der Waals surface area contributed by atoms with E-state index < -0.39 is 8.56 Å². The molecule has 0 saturated heterocycles. The number of rotatable bonds is 8. The Hall–Kier alpha value is 0.137. The molecule has 0 bridgehead atoms. The van der Waals surface area contributed by atoms with Crippen molar-refractivity contribution in [3.8, 4) is 0 Å². The number of hydrogen-bond acceptors (Lipinski definition) is 2. The highest BCUT2D eigenvalue weighted by atomic mass is 28.4. The van der Waals surface area contributed by atoms with Crippen molar-refractivity contribution in [3.63, 3.8) is 0 Å². The van der Waals surface area contributed by atoms with Crippen molar-refractivity contribution in [2.75, 3.05) is 13.2 Å². The molecule has 0 fully saturated rings. The fraction of sp³-hybridized carbons (Fsp3) is 1.00. The summed E-state index contributed by atoms with van der Waals surface area (Å²) in [6, 6.07) is 0. The van der Waals surface area contributed by atoms with E-state index in [2.05, 4.69) is 33.9 Å². The van der Waals surface area contributed by atoms with Gasteiger partial charge in [0.2, 0.25) is 0 Å². The third-order valence-electron chi connectivity index (χ3n) is 2.48. The van der Waals surface area contributed by atoms with Gasteiger partial charge in [-0.15, -0.1) is 0 Å². The van der Waals surface area contributed by atoms with E-state index in [0.29, 0.717) is 5.92 Å². The Morgan fingerprint density at radius 2 is 1.57 bits per heavy atom. The lowest BCUT2D eigenvalue weighted by atomic mass is 10.1. The Labute approximate surface area is 90.2 Å². The van der Waals surface area contributed by atoms with Crippen molar-refractivity contribution in [1.82, 2.24) is 0 Å². The van der Waals surface area contributed by atoms with Crippen LogP contribution in [0.1, 0.15) is 40.0 Å². The normalized spacial score (nSPS) is 12.4. The first-order valence-corrected chi connectivity index (χ1v) is 8.65. The van der Waals surface area contributed by atoms with Crippen molar-refractivity contribution in [2.45, 2.75) is 53.1 Å². The predicted octanol–water partition coefficient (Wildman–Crippen LogP) is 3.57. The molecule has 0 spiro atoms. The van der Waals surface area contributed by atoms with Gasteiger partial charge in [0.05, 0.1) is 0 Å². The van der Waals surface area contributed by atoms with Crippen LogP contribution < -0.4 is 0 Å². The van der Waals surface area contributed by atoms with Gasteiger partial charge >= 0.3 is 8.56 Å². The fourth-order valence-electron chi connectivity index (χ4n) is 1.23. The molecule has 0 unspecified atom stereocenters. The van der Waals surface area contributed by atoms with Crippen molar-refractivity contribution >= 4 is 8.56 Å². The second kappa shape index (κ2) is 7.43. The van der Waals surface area contributed by atoms with Gasteiger partial charge in [-0.1, -0.05) is 33.6 Å². The van der Waals surface area contributed by atoms with Crippen LogP contribution in [0.5, 0.6) is 0 Å². The Bertz CT molecular complexity index is 133. The summed E-state index contributed by atoms with van der Waals surface area (Å²) in [6.07, 6.45) is 3.48. The molecule has 0 N–H and O–H groups in total. The van der Waals surface area contributed by atoms with Crippen LogP contribution in [-0.4, -0.2) is 21.8 Å². The average molecular weight is 218 g/mol. The van der Waals surface area contributed by atoms with Crippen molar-refractivity contribution in [2.24, 2.45) is 5.92 Å². The molecular formula is C11H26O2Si. The van der Waals surface area contributed by atoms with E-state index in [1.807, 2.05) is 0 Å². The molecule has 0 amide bonds. The summed E-state index contributed by atoms with van der Waals surface area (Å²) in [5.41, 5.74) is 0. The second-order valence-electron chi connectivity index (χ2n) is 4.24. The van der Waals surface area contributed by atoms with Gasteiger partial charge in [-0.2, -0.15) is 0 Å². The summed E-state index contributed by atoms with van der Waals surface area (Å²) in [6.45, 7) is 12.5. The van der Waals surface area contributed by atoms with Crippen LogP contribution in [-0.2, 0) is 8.85 Å². The molecule has 0 atom stereocenters. The summed E-state index contributed by atoms with van der Waals surface area (Å²) in [5.74, 6) is 0.701. The maximum atomic E-state index is 5.89. The van der Waals surface area contributed by atoms with E-state index in [1.54, 1.807) is 0 Å². The largest absolute Gasteiger partial charge is 0.395 e. The first kappa shape index (κ1) is 14.1. The quantitative estimate of drug-likeness (QED) is 0.580. The lowest BCUT2D eigenvalue weighted by Crippen LogP contribution is -2.36. The highest BCUT2D eigenvalue weighted by molar-refractivity contribution is 6.64. The molecule has 0 radical (unpaired) electrons. The van der Waals surface area contributed by atoms with Gasteiger partial charge in [0.1, 0.15) is 0 Å². The molecule has 0 aliphatic rings. The van der Waals surface area contributed by atoms with Crippen LogP contribution in [0, 0.1) is 5.92 Å². The van der Waals surface area contributed by atoms with Gasteiger partial charge in [-0.3, -0.25) is 0 Å². The van der Waals surface area contributed by atoms with Crippen LogP contribution in [0.2, 0.25) is 13.1 Å². The Kier molecular flexibility index (Phi) is 7.50. The smallest absolute Gasteiger partial charge is 0.331 e. The minimum atomic E-state index is -1.82. The molecule has 0 saturated carbocycles. The third-order valence-corrected chi connectivity index (χ3v) is 4.24. The van der Waals surface area contributed by atoms with Crippen LogP contribution >= 0.6 is 0 Å². The average Bonchev–Trinajstić information content (AvgIpc) is 2.16. The zero-order valence-corrected chi connectivity index (χ0v) is 11.4. The van der Waals surface area contributed by atoms with Gasteiger partial charge in [0.15, 0.2) is 0 Å². The maximum Gasteiger partial charge on any atom is 0.331 e. The molecule has 0 aromatic rings. The molecule has 86 valence electrons. The van der Waals surface area contributed by atoms with Crippen LogP contribution in [0.3, 0.4) is 0 Å². The highest BCUT2D eigenvalue weighted by Gasteiger charge is 2.24. The number of hydrogen-bond donors (Lipinski definition) is 0. The second-order valence-corrected chi connectivity index (χ2v) is 7.62. The molecule has 0 rings (SSSR count). The zero-order chi connectivity index (χ0) is 11.0. The third kappa shape index (κ3) is 6.57. The van der Waals surface area contributed by atoms with Gasteiger partial charge in [-0.25, -0.2) is 0 Å². The molecule has 3 heteroatoms. The minimum absolute atomic E-state index is 0.701. The molecule has 0 aliphatic carbocycles. The summed E-state index contributed by atoms with van der Waals surface area (Å²) in [7, 11) is -1.82. The lowest BCUT2D eigenvalue weighted by Gasteiger charge is -2.25. The maximum absolute atomic E-state index is 5.89. The monoisotopic (exact) mass is 218 g/mol. The Morgan fingerprint density at radius 3 is 2.00 bits per heavy atom. The minimum Gasteiger partial charge on any atom is -0.395 e. The van der Waals surface area contributed by atoms with Crippen LogP contribution in [0.4, 0.5) is 0 Å². The lowest BCUT2D eigenvalue weighted by molar-refractivity contribution is 0.150. The molecule has 0 aliphatic heterocycles. The molecular weight excluding hydrogens is 192 g/mol. The van der Waals surface area contributed by atoms with Crippen molar-refractivity contribution in [1.29, 1.82) is 0 Å². The fourth-order valence-corrected chi connectivity index (χ4v) is 2.65. The van der Waals surface area contributed by atoms with Gasteiger partial charge < -0.3 is 8.85 Å². The SMILES string of the molecule is CCCO[Si](C)(C)OCC(CC)CC. The standard InChI is InChI=1S/C11H26O2Si/c1-6-9-12-14(4,5)13-10-11(7-2)8-3/h11H,6-10H2,1-5H3. The summed E-state index contributed by atoms with van der Waals surface area (Å²) >= 11 is 0.